The first-order chi connectivity index (χ1) is 11.5. The highest BCUT2D eigenvalue weighted by Crippen LogP contribution is 2.21. The summed E-state index contributed by atoms with van der Waals surface area (Å²) in [7, 11) is -3.61. The highest BCUT2D eigenvalue weighted by molar-refractivity contribution is 7.92. The molecule has 0 unspecified atom stereocenters. The maximum atomic E-state index is 12.7. The summed E-state index contributed by atoms with van der Waals surface area (Å²) < 4.78 is 32.3. The highest BCUT2D eigenvalue weighted by Gasteiger charge is 2.23. The van der Waals surface area contributed by atoms with E-state index in [1.54, 1.807) is 36.4 Å². The third kappa shape index (κ3) is 2.78. The Morgan fingerprint density at radius 3 is 2.42 bits per heavy atom. The molecule has 1 aromatic heterocycles. The number of anilines is 1. The molecule has 0 fully saturated rings. The van der Waals surface area contributed by atoms with Gasteiger partial charge in [-0.2, -0.15) is 0 Å². The Balaban J connectivity index is 2.10. The zero-order valence-electron chi connectivity index (χ0n) is 14.2. The quantitative estimate of drug-likeness (QED) is 0.723. The maximum Gasteiger partial charge on any atom is 0.262 e. The van der Waals surface area contributed by atoms with Crippen LogP contribution in [0.3, 0.4) is 0 Å². The largest absolute Gasteiger partial charge is 0.280 e. The van der Waals surface area contributed by atoms with Gasteiger partial charge in [-0.1, -0.05) is 18.2 Å². The van der Waals surface area contributed by atoms with Crippen LogP contribution in [0.4, 0.5) is 5.69 Å². The van der Waals surface area contributed by atoms with Crippen molar-refractivity contribution < 1.29 is 13.0 Å². The number of sulfonamides is 1. The Hall–Kier alpha value is -2.34. The molecule has 5 nitrogen and oxygen atoms in total. The van der Waals surface area contributed by atoms with Gasteiger partial charge >= 0.3 is 0 Å². The van der Waals surface area contributed by atoms with E-state index >= 15 is 0 Å². The summed E-state index contributed by atoms with van der Waals surface area (Å²) in [4.78, 5) is 0.273. The molecule has 3 aromatic rings. The molecule has 0 aliphatic carbocycles. The molecule has 3 rings (SSSR count). The lowest BCUT2D eigenvalue weighted by atomic mass is 10.3. The molecule has 0 atom stereocenters. The second kappa shape index (κ2) is 6.28. The van der Waals surface area contributed by atoms with E-state index in [1.165, 1.54) is 0 Å². The Labute approximate surface area is 142 Å². The molecule has 24 heavy (non-hydrogen) atoms. The predicted octanol–water partition coefficient (Wildman–Crippen LogP) is 3.08. The average Bonchev–Trinajstić information content (AvgIpc) is 2.85. The van der Waals surface area contributed by atoms with Gasteiger partial charge in [-0.3, -0.25) is 4.72 Å². The minimum atomic E-state index is -3.61. The molecule has 1 N–H and O–H groups in total. The molecular formula is C18H22N3O2S+. The zero-order valence-corrected chi connectivity index (χ0v) is 15.0. The summed E-state index contributed by atoms with van der Waals surface area (Å²) in [5.74, 6) is 1.13. The van der Waals surface area contributed by atoms with Gasteiger partial charge in [-0.25, -0.2) is 17.6 Å². The van der Waals surface area contributed by atoms with Crippen molar-refractivity contribution in [3.8, 4) is 0 Å². The third-order valence-corrected chi connectivity index (χ3v) is 5.66. The standard InChI is InChI=1S/C18H22N3O2S/c1-4-20-14(3)21(5-2)18-13-16(11-12-17(18)20)24(22,23)19-15-9-7-6-8-10-15/h6-13,19H,4-5H2,1-3H3/q+1. The van der Waals surface area contributed by atoms with E-state index < -0.39 is 10.0 Å². The Morgan fingerprint density at radius 1 is 1.08 bits per heavy atom. The van der Waals surface area contributed by atoms with E-state index in [0.29, 0.717) is 5.69 Å². The fraction of sp³-hybridized carbons (Fsp3) is 0.278. The molecule has 126 valence electrons. The van der Waals surface area contributed by atoms with E-state index in [-0.39, 0.29) is 4.90 Å². The molecule has 6 heteroatoms. The van der Waals surface area contributed by atoms with Crippen LogP contribution in [0.25, 0.3) is 11.0 Å². The van der Waals surface area contributed by atoms with Crippen molar-refractivity contribution in [2.75, 3.05) is 4.72 Å². The molecule has 0 aliphatic rings. The lowest BCUT2D eigenvalue weighted by molar-refractivity contribution is -0.674. The number of benzene rings is 2. The number of aryl methyl sites for hydroxylation is 2. The lowest BCUT2D eigenvalue weighted by Gasteiger charge is -2.07. The normalized spacial score (nSPS) is 11.8. The molecule has 0 aliphatic heterocycles. The van der Waals surface area contributed by atoms with Crippen LogP contribution in [0, 0.1) is 6.92 Å². The smallest absolute Gasteiger partial charge is 0.262 e. The molecular weight excluding hydrogens is 322 g/mol. The van der Waals surface area contributed by atoms with Gasteiger partial charge in [0.25, 0.3) is 15.8 Å². The number of hydrogen-bond acceptors (Lipinski definition) is 2. The van der Waals surface area contributed by atoms with Crippen LogP contribution in [0.15, 0.2) is 53.4 Å². The van der Waals surface area contributed by atoms with Crippen molar-refractivity contribution in [3.05, 3.63) is 54.4 Å². The van der Waals surface area contributed by atoms with Crippen LogP contribution in [0.2, 0.25) is 0 Å². The topological polar surface area (TPSA) is 55.0 Å². The maximum absolute atomic E-state index is 12.7. The number of imidazole rings is 1. The molecule has 1 heterocycles. The summed E-state index contributed by atoms with van der Waals surface area (Å²) in [5.41, 5.74) is 2.55. The van der Waals surface area contributed by atoms with Crippen molar-refractivity contribution in [1.29, 1.82) is 0 Å². The predicted molar refractivity (Wildman–Crippen MR) is 95.5 cm³/mol. The monoisotopic (exact) mass is 344 g/mol. The number of fused-ring (bicyclic) bond motifs is 1. The van der Waals surface area contributed by atoms with Crippen LogP contribution in [-0.2, 0) is 23.1 Å². The van der Waals surface area contributed by atoms with Crippen molar-refractivity contribution in [2.24, 2.45) is 0 Å². The van der Waals surface area contributed by atoms with E-state index in [9.17, 15) is 8.42 Å². The number of nitrogens with zero attached hydrogens (tertiary/aromatic N) is 2. The van der Waals surface area contributed by atoms with Crippen LogP contribution in [-0.4, -0.2) is 13.0 Å². The Morgan fingerprint density at radius 2 is 1.79 bits per heavy atom. The molecule has 0 radical (unpaired) electrons. The van der Waals surface area contributed by atoms with Gasteiger partial charge in [0.15, 0.2) is 11.0 Å². The van der Waals surface area contributed by atoms with Gasteiger partial charge in [-0.15, -0.1) is 0 Å². The van der Waals surface area contributed by atoms with E-state index in [0.717, 1.165) is 29.9 Å². The highest BCUT2D eigenvalue weighted by atomic mass is 32.2. The van der Waals surface area contributed by atoms with Gasteiger partial charge in [0.1, 0.15) is 0 Å². The van der Waals surface area contributed by atoms with Gasteiger partial charge < -0.3 is 0 Å². The number of nitrogens with one attached hydrogen (secondary N) is 1. The van der Waals surface area contributed by atoms with E-state index in [1.807, 2.05) is 12.1 Å². The summed E-state index contributed by atoms with van der Waals surface area (Å²) in [6.45, 7) is 7.86. The lowest BCUT2D eigenvalue weighted by Crippen LogP contribution is -2.35. The van der Waals surface area contributed by atoms with Crippen molar-refractivity contribution in [1.82, 2.24) is 4.57 Å². The van der Waals surface area contributed by atoms with Gasteiger partial charge in [-0.05, 0) is 38.1 Å². The zero-order chi connectivity index (χ0) is 17.3. The third-order valence-electron chi connectivity index (χ3n) is 4.28. The number of aromatic nitrogens is 2. The van der Waals surface area contributed by atoms with Gasteiger partial charge in [0.05, 0.1) is 18.0 Å². The molecule has 0 saturated carbocycles. The summed E-state index contributed by atoms with van der Waals surface area (Å²) in [6.07, 6.45) is 0. The van der Waals surface area contributed by atoms with Crippen molar-refractivity contribution >= 4 is 26.7 Å². The Bertz CT molecular complexity index is 976. The van der Waals surface area contributed by atoms with Crippen molar-refractivity contribution in [3.63, 3.8) is 0 Å². The minimum absolute atomic E-state index is 0.273. The first-order valence-electron chi connectivity index (χ1n) is 8.08. The first-order valence-corrected chi connectivity index (χ1v) is 9.56. The second-order valence-electron chi connectivity index (χ2n) is 5.66. The fourth-order valence-electron chi connectivity index (χ4n) is 3.13. The number of para-hydroxylation sites is 1. The first kappa shape index (κ1) is 16.5. The van der Waals surface area contributed by atoms with E-state index in [2.05, 4.69) is 34.6 Å². The SMILES string of the molecule is CCn1c(C)[n+](CC)c2ccc(S(=O)(=O)Nc3ccccc3)cc21. The summed E-state index contributed by atoms with van der Waals surface area (Å²) in [5, 5.41) is 0. The van der Waals surface area contributed by atoms with Crippen LogP contribution in [0.5, 0.6) is 0 Å². The summed E-state index contributed by atoms with van der Waals surface area (Å²) in [6, 6.07) is 14.2. The van der Waals surface area contributed by atoms with Gasteiger partial charge in [0, 0.05) is 18.7 Å². The molecule has 0 saturated heterocycles. The number of hydrogen-bond donors (Lipinski definition) is 1. The second-order valence-corrected chi connectivity index (χ2v) is 7.34. The molecule has 0 spiro atoms. The van der Waals surface area contributed by atoms with E-state index in [4.69, 9.17) is 0 Å². The van der Waals surface area contributed by atoms with Crippen molar-refractivity contribution in [2.45, 2.75) is 38.8 Å². The molecule has 2 aromatic carbocycles. The molecule has 0 amide bonds. The fourth-order valence-corrected chi connectivity index (χ4v) is 4.21. The van der Waals surface area contributed by atoms with Crippen LogP contribution >= 0.6 is 0 Å². The Kier molecular flexibility index (Phi) is 4.32. The van der Waals surface area contributed by atoms with Crippen LogP contribution in [0.1, 0.15) is 19.7 Å². The average molecular weight is 344 g/mol. The molecule has 0 bridgehead atoms. The summed E-state index contributed by atoms with van der Waals surface area (Å²) >= 11 is 0. The van der Waals surface area contributed by atoms with Crippen LogP contribution < -0.4 is 9.29 Å². The van der Waals surface area contributed by atoms with Gasteiger partial charge in [0.2, 0.25) is 0 Å². The minimum Gasteiger partial charge on any atom is -0.280 e. The number of rotatable bonds is 5.